The lowest BCUT2D eigenvalue weighted by Gasteiger charge is -2.23. The normalized spacial score (nSPS) is 14.9. The third kappa shape index (κ3) is 9.53. The minimum absolute atomic E-state index is 0.109. The van der Waals surface area contributed by atoms with E-state index in [0.29, 0.717) is 5.75 Å². The van der Waals surface area contributed by atoms with Gasteiger partial charge in [0, 0.05) is 0 Å². The highest BCUT2D eigenvalue weighted by molar-refractivity contribution is 7.98. The van der Waals surface area contributed by atoms with Crippen molar-refractivity contribution in [1.29, 1.82) is 0 Å². The summed E-state index contributed by atoms with van der Waals surface area (Å²) in [7, 11) is 0. The summed E-state index contributed by atoms with van der Waals surface area (Å²) in [5.74, 6) is -4.99. The Balaban J connectivity index is 5.19. The second kappa shape index (κ2) is 12.9. The van der Waals surface area contributed by atoms with Crippen LogP contribution in [-0.2, 0) is 24.0 Å². The maximum absolute atomic E-state index is 12.4. The molecular weight excluding hydrogens is 396 g/mol. The number of aliphatic hydroxyl groups is 1. The molecule has 3 amide bonds. The van der Waals surface area contributed by atoms with Gasteiger partial charge in [0.1, 0.15) is 18.1 Å². The molecule has 0 rings (SSSR count). The Labute approximate surface area is 165 Å². The molecule has 0 radical (unpaired) electrons. The van der Waals surface area contributed by atoms with Crippen molar-refractivity contribution in [3.05, 3.63) is 0 Å². The molecule has 0 saturated carbocycles. The average Bonchev–Trinajstić information content (AvgIpc) is 2.61. The summed E-state index contributed by atoms with van der Waals surface area (Å²) in [5.41, 5.74) is 5.38. The van der Waals surface area contributed by atoms with Crippen molar-refractivity contribution in [3.63, 3.8) is 0 Å². The van der Waals surface area contributed by atoms with E-state index >= 15 is 0 Å². The van der Waals surface area contributed by atoms with Gasteiger partial charge in [0.05, 0.1) is 19.1 Å². The van der Waals surface area contributed by atoms with E-state index in [1.54, 1.807) is 6.26 Å². The van der Waals surface area contributed by atoms with Crippen molar-refractivity contribution in [2.75, 3.05) is 18.6 Å². The molecular formula is C15H26N4O8S. The molecule has 0 aliphatic rings. The molecule has 0 aromatic carbocycles. The van der Waals surface area contributed by atoms with Gasteiger partial charge in [-0.1, -0.05) is 0 Å². The van der Waals surface area contributed by atoms with Crippen LogP contribution in [0.3, 0.4) is 0 Å². The van der Waals surface area contributed by atoms with Crippen LogP contribution in [0.2, 0.25) is 0 Å². The van der Waals surface area contributed by atoms with Gasteiger partial charge in [0.15, 0.2) is 0 Å². The molecule has 0 aromatic heterocycles. The van der Waals surface area contributed by atoms with Gasteiger partial charge in [-0.15, -0.1) is 0 Å². The van der Waals surface area contributed by atoms with Crippen molar-refractivity contribution in [2.45, 2.75) is 43.9 Å². The predicted molar refractivity (Wildman–Crippen MR) is 99.4 cm³/mol. The van der Waals surface area contributed by atoms with Crippen LogP contribution >= 0.6 is 11.8 Å². The lowest BCUT2D eigenvalue weighted by Crippen LogP contribution is -2.58. The summed E-state index contributed by atoms with van der Waals surface area (Å²) < 4.78 is 0. The Morgan fingerprint density at radius 1 is 0.929 bits per heavy atom. The fourth-order valence-corrected chi connectivity index (χ4v) is 2.39. The molecule has 0 bridgehead atoms. The molecule has 8 N–H and O–H groups in total. The van der Waals surface area contributed by atoms with Crippen LogP contribution in [0.4, 0.5) is 0 Å². The molecule has 28 heavy (non-hydrogen) atoms. The highest BCUT2D eigenvalue weighted by atomic mass is 32.2. The number of nitrogens with one attached hydrogen (secondary N) is 3. The number of aliphatic hydroxyl groups excluding tert-OH is 1. The lowest BCUT2D eigenvalue weighted by atomic mass is 10.1. The van der Waals surface area contributed by atoms with Crippen molar-refractivity contribution in [1.82, 2.24) is 16.0 Å². The number of carbonyl (C=O) groups excluding carboxylic acids is 3. The Hall–Kier alpha value is -2.38. The number of hydrogen-bond donors (Lipinski definition) is 7. The first-order chi connectivity index (χ1) is 13.0. The number of nitrogens with two attached hydrogens (primary N) is 1. The number of rotatable bonds is 13. The zero-order chi connectivity index (χ0) is 21.9. The predicted octanol–water partition coefficient (Wildman–Crippen LogP) is -2.91. The van der Waals surface area contributed by atoms with Gasteiger partial charge in [-0.2, -0.15) is 11.8 Å². The van der Waals surface area contributed by atoms with E-state index in [4.69, 9.17) is 15.9 Å². The first kappa shape index (κ1) is 25.6. The highest BCUT2D eigenvalue weighted by Crippen LogP contribution is 2.04. The summed E-state index contributed by atoms with van der Waals surface area (Å²) in [5, 5.41) is 33.7. The van der Waals surface area contributed by atoms with Gasteiger partial charge in [-0.3, -0.25) is 19.2 Å². The number of hydrogen-bond acceptors (Lipinski definition) is 8. The minimum atomic E-state index is -1.68. The summed E-state index contributed by atoms with van der Waals surface area (Å²) in [4.78, 5) is 58.1. The molecule has 12 nitrogen and oxygen atoms in total. The van der Waals surface area contributed by atoms with Crippen LogP contribution in [0.1, 0.15) is 19.8 Å². The lowest BCUT2D eigenvalue weighted by molar-refractivity contribution is -0.147. The van der Waals surface area contributed by atoms with Crippen molar-refractivity contribution in [2.24, 2.45) is 5.73 Å². The van der Waals surface area contributed by atoms with E-state index in [2.05, 4.69) is 16.0 Å². The molecule has 0 spiro atoms. The summed E-state index contributed by atoms with van der Waals surface area (Å²) >= 11 is 1.36. The van der Waals surface area contributed by atoms with Crippen LogP contribution in [-0.4, -0.2) is 87.8 Å². The fraction of sp³-hybridized carbons (Fsp3) is 0.667. The number of amides is 3. The van der Waals surface area contributed by atoms with Gasteiger partial charge < -0.3 is 37.0 Å². The zero-order valence-corrected chi connectivity index (χ0v) is 16.3. The first-order valence-electron chi connectivity index (χ1n) is 8.24. The van der Waals surface area contributed by atoms with Gasteiger partial charge >= 0.3 is 11.9 Å². The van der Waals surface area contributed by atoms with Gasteiger partial charge in [0.2, 0.25) is 17.7 Å². The SMILES string of the molecule is CSCCC(NC(=O)C(CO)NC(=O)C(C)N)C(=O)NC(CC(=O)O)C(=O)O. The third-order valence-corrected chi connectivity index (χ3v) is 4.11. The van der Waals surface area contributed by atoms with E-state index < -0.39 is 66.9 Å². The van der Waals surface area contributed by atoms with Crippen LogP contribution in [0.15, 0.2) is 0 Å². The molecule has 4 atom stereocenters. The number of carbonyl (C=O) groups is 5. The Bertz CT molecular complexity index is 586. The molecule has 4 unspecified atom stereocenters. The van der Waals surface area contributed by atoms with Gasteiger partial charge in [-0.05, 0) is 25.4 Å². The Kier molecular flexibility index (Phi) is 11.8. The van der Waals surface area contributed by atoms with E-state index in [1.807, 2.05) is 0 Å². The number of carboxylic acids is 2. The monoisotopic (exact) mass is 422 g/mol. The quantitative estimate of drug-likeness (QED) is 0.161. The molecule has 0 aliphatic heterocycles. The molecule has 0 fully saturated rings. The molecule has 160 valence electrons. The average molecular weight is 422 g/mol. The summed E-state index contributed by atoms with van der Waals surface area (Å²) in [6.07, 6.45) is 1.02. The van der Waals surface area contributed by atoms with Crippen LogP contribution < -0.4 is 21.7 Å². The van der Waals surface area contributed by atoms with E-state index in [-0.39, 0.29) is 6.42 Å². The second-order valence-electron chi connectivity index (χ2n) is 5.87. The molecule has 13 heteroatoms. The third-order valence-electron chi connectivity index (χ3n) is 3.47. The molecule has 0 heterocycles. The standard InChI is InChI=1S/C15H26N4O8S/c1-7(16)12(23)19-10(6-20)14(25)17-8(3-4-28-2)13(24)18-9(15(26)27)5-11(21)22/h7-10,20H,3-6,16H2,1-2H3,(H,17,25)(H,18,24)(H,19,23)(H,21,22)(H,26,27). The fourth-order valence-electron chi connectivity index (χ4n) is 1.92. The number of thioether (sulfide) groups is 1. The molecule has 0 aromatic rings. The Morgan fingerprint density at radius 2 is 1.43 bits per heavy atom. The second-order valence-corrected chi connectivity index (χ2v) is 6.86. The van der Waals surface area contributed by atoms with Crippen molar-refractivity contribution < 1.29 is 39.3 Å². The maximum Gasteiger partial charge on any atom is 0.326 e. The minimum Gasteiger partial charge on any atom is -0.481 e. The summed E-state index contributed by atoms with van der Waals surface area (Å²) in [6, 6.07) is -5.16. The smallest absolute Gasteiger partial charge is 0.326 e. The van der Waals surface area contributed by atoms with Gasteiger partial charge in [0.25, 0.3) is 0 Å². The number of carboxylic acid groups (broad SMARTS) is 2. The number of aliphatic carboxylic acids is 2. The molecule has 0 aliphatic carbocycles. The zero-order valence-electron chi connectivity index (χ0n) is 15.5. The first-order valence-corrected chi connectivity index (χ1v) is 9.63. The maximum atomic E-state index is 12.4. The van der Waals surface area contributed by atoms with Crippen LogP contribution in [0.5, 0.6) is 0 Å². The highest BCUT2D eigenvalue weighted by Gasteiger charge is 2.30. The van der Waals surface area contributed by atoms with Crippen LogP contribution in [0, 0.1) is 0 Å². The largest absolute Gasteiger partial charge is 0.481 e. The van der Waals surface area contributed by atoms with E-state index in [9.17, 15) is 29.1 Å². The topological polar surface area (TPSA) is 208 Å². The van der Waals surface area contributed by atoms with Crippen molar-refractivity contribution >= 4 is 41.4 Å². The molecule has 0 saturated heterocycles. The van der Waals surface area contributed by atoms with E-state index in [0.717, 1.165) is 0 Å². The summed E-state index contributed by atoms with van der Waals surface area (Å²) in [6.45, 7) is 0.628. The van der Waals surface area contributed by atoms with Gasteiger partial charge in [-0.25, -0.2) is 4.79 Å². The van der Waals surface area contributed by atoms with Crippen molar-refractivity contribution in [3.8, 4) is 0 Å². The Morgan fingerprint density at radius 3 is 1.86 bits per heavy atom. The van der Waals surface area contributed by atoms with E-state index in [1.165, 1.54) is 18.7 Å². The van der Waals surface area contributed by atoms with Crippen LogP contribution in [0.25, 0.3) is 0 Å².